The fraction of sp³-hybridized carbons (Fsp3) is 0.278. The molecule has 0 spiro atoms. The van der Waals surface area contributed by atoms with Crippen LogP contribution in [0.25, 0.3) is 11.0 Å². The van der Waals surface area contributed by atoms with Crippen LogP contribution in [0.3, 0.4) is 0 Å². The smallest absolute Gasteiger partial charge is 0.245 e. The topological polar surface area (TPSA) is 92.3 Å². The Morgan fingerprint density at radius 1 is 1.18 bits per heavy atom. The number of piperidine rings is 1. The van der Waals surface area contributed by atoms with Crippen LogP contribution < -0.4 is 5.32 Å². The average Bonchev–Trinajstić information content (AvgIpc) is 3.18. The number of aromatic nitrogens is 2. The van der Waals surface area contributed by atoms with Gasteiger partial charge in [0.1, 0.15) is 15.9 Å². The van der Waals surface area contributed by atoms with Gasteiger partial charge in [-0.15, -0.1) is 0 Å². The first kappa shape index (κ1) is 19.3. The maximum atomic E-state index is 13.2. The molecule has 1 fully saturated rings. The second-order valence-corrected chi connectivity index (χ2v) is 9.40. The highest BCUT2D eigenvalue weighted by atomic mass is 35.5. The molecule has 4 rings (SSSR count). The number of para-hydroxylation sites is 1. The molecule has 1 aromatic heterocycles. The predicted molar refractivity (Wildman–Crippen MR) is 109 cm³/mol. The van der Waals surface area contributed by atoms with Crippen molar-refractivity contribution in [3.63, 3.8) is 0 Å². The van der Waals surface area contributed by atoms with E-state index in [0.717, 1.165) is 11.7 Å². The third-order valence-electron chi connectivity index (χ3n) is 4.75. The molecule has 0 aliphatic carbocycles. The van der Waals surface area contributed by atoms with Gasteiger partial charge in [0.25, 0.3) is 0 Å². The van der Waals surface area contributed by atoms with Gasteiger partial charge in [-0.3, -0.25) is 4.79 Å². The molecule has 2 heterocycles. The highest BCUT2D eigenvalue weighted by Crippen LogP contribution is 2.29. The molecule has 28 heavy (non-hydrogen) atoms. The molecule has 1 atom stereocenters. The normalized spacial score (nSPS) is 18.2. The number of hydrogen-bond acceptors (Lipinski definition) is 6. The molecule has 146 valence electrons. The third-order valence-corrected chi connectivity index (χ3v) is 7.52. The van der Waals surface area contributed by atoms with Crippen LogP contribution in [0.2, 0.25) is 5.02 Å². The summed E-state index contributed by atoms with van der Waals surface area (Å²) in [4.78, 5) is 12.8. The van der Waals surface area contributed by atoms with Crippen LogP contribution in [0, 0.1) is 5.92 Å². The molecule has 7 nitrogen and oxygen atoms in total. The number of hydrogen-bond donors (Lipinski definition) is 1. The first-order valence-corrected chi connectivity index (χ1v) is 11.3. The second kappa shape index (κ2) is 7.75. The lowest BCUT2D eigenvalue weighted by atomic mass is 9.99. The Balaban J connectivity index is 1.55. The first-order chi connectivity index (χ1) is 13.5. The van der Waals surface area contributed by atoms with Gasteiger partial charge in [0.2, 0.25) is 15.9 Å². The summed E-state index contributed by atoms with van der Waals surface area (Å²) >= 11 is 7.08. The maximum Gasteiger partial charge on any atom is 0.245 e. The van der Waals surface area contributed by atoms with Gasteiger partial charge >= 0.3 is 0 Å². The molecular formula is C18H17ClN4O3S2. The molecule has 1 aliphatic heterocycles. The summed E-state index contributed by atoms with van der Waals surface area (Å²) in [6.45, 7) is 0.485. The van der Waals surface area contributed by atoms with E-state index in [9.17, 15) is 13.2 Å². The van der Waals surface area contributed by atoms with Crippen LogP contribution >= 0.6 is 23.3 Å². The van der Waals surface area contributed by atoms with Crippen molar-refractivity contribution < 1.29 is 13.2 Å². The van der Waals surface area contributed by atoms with Crippen molar-refractivity contribution in [2.45, 2.75) is 17.7 Å². The Morgan fingerprint density at radius 2 is 2.00 bits per heavy atom. The van der Waals surface area contributed by atoms with Crippen molar-refractivity contribution >= 4 is 56.0 Å². The van der Waals surface area contributed by atoms with Gasteiger partial charge in [0.05, 0.1) is 28.4 Å². The summed E-state index contributed by atoms with van der Waals surface area (Å²) in [5.41, 5.74) is 1.44. The number of fused-ring (bicyclic) bond motifs is 1. The second-order valence-electron chi connectivity index (χ2n) is 6.56. The van der Waals surface area contributed by atoms with Crippen molar-refractivity contribution in [2.24, 2.45) is 5.92 Å². The largest absolute Gasteiger partial charge is 0.324 e. The van der Waals surface area contributed by atoms with Gasteiger partial charge < -0.3 is 5.32 Å². The number of nitrogens with zero attached hydrogens (tertiary/aromatic N) is 3. The number of amides is 1. The molecule has 0 saturated carbocycles. The standard InChI is InChI=1S/C18H17ClN4O3S2/c19-13-6-1-2-7-14(13)20-18(24)12-5-4-10-23(11-12)28(25,26)16-9-3-8-15-17(16)22-27-21-15/h1-3,6-9,12H,4-5,10-11H2,(H,20,24)/t12-/m0/s1. The predicted octanol–water partition coefficient (Wildman–Crippen LogP) is 3.38. The summed E-state index contributed by atoms with van der Waals surface area (Å²) in [5.74, 6) is -0.686. The van der Waals surface area contributed by atoms with Crippen molar-refractivity contribution in [3.05, 3.63) is 47.5 Å². The minimum absolute atomic E-state index is 0.118. The molecule has 2 aromatic carbocycles. The van der Waals surface area contributed by atoms with E-state index in [4.69, 9.17) is 11.6 Å². The van der Waals surface area contributed by atoms with Crippen LogP contribution in [0.4, 0.5) is 5.69 Å². The van der Waals surface area contributed by atoms with Gasteiger partial charge in [-0.25, -0.2) is 8.42 Å². The number of carbonyl (C=O) groups excluding carboxylic acids is 1. The fourth-order valence-electron chi connectivity index (χ4n) is 3.30. The van der Waals surface area contributed by atoms with Crippen LogP contribution in [0.5, 0.6) is 0 Å². The lowest BCUT2D eigenvalue weighted by Crippen LogP contribution is -2.43. The van der Waals surface area contributed by atoms with E-state index in [1.54, 1.807) is 36.4 Å². The van der Waals surface area contributed by atoms with E-state index in [1.165, 1.54) is 10.4 Å². The van der Waals surface area contributed by atoms with Crippen LogP contribution in [0.15, 0.2) is 47.4 Å². The van der Waals surface area contributed by atoms with Gasteiger partial charge in [-0.05, 0) is 37.1 Å². The van der Waals surface area contributed by atoms with E-state index >= 15 is 0 Å². The maximum absolute atomic E-state index is 13.2. The SMILES string of the molecule is O=C(Nc1ccccc1Cl)[C@H]1CCCN(S(=O)(=O)c2cccc3nsnc23)C1. The number of halogens is 1. The summed E-state index contributed by atoms with van der Waals surface area (Å²) in [7, 11) is -3.77. The summed E-state index contributed by atoms with van der Waals surface area (Å²) in [6.07, 6.45) is 1.22. The third kappa shape index (κ3) is 3.62. The number of carbonyl (C=O) groups is 1. The fourth-order valence-corrected chi connectivity index (χ4v) is 5.76. The van der Waals surface area contributed by atoms with Gasteiger partial charge in [0.15, 0.2) is 0 Å². The lowest BCUT2D eigenvalue weighted by Gasteiger charge is -2.31. The number of anilines is 1. The minimum atomic E-state index is -3.77. The Hall–Kier alpha value is -2.07. The van der Waals surface area contributed by atoms with Crippen LogP contribution in [-0.4, -0.2) is 40.5 Å². The van der Waals surface area contributed by atoms with Crippen molar-refractivity contribution in [1.82, 2.24) is 13.1 Å². The highest BCUT2D eigenvalue weighted by molar-refractivity contribution is 7.89. The Labute approximate surface area is 171 Å². The Kier molecular flexibility index (Phi) is 5.33. The molecule has 10 heteroatoms. The molecule has 3 aromatic rings. The molecule has 1 saturated heterocycles. The molecule has 1 amide bonds. The van der Waals surface area contributed by atoms with Crippen LogP contribution in [0.1, 0.15) is 12.8 Å². The zero-order valence-corrected chi connectivity index (χ0v) is 17.1. The first-order valence-electron chi connectivity index (χ1n) is 8.73. The molecule has 0 radical (unpaired) electrons. The van der Waals surface area contributed by atoms with Crippen molar-refractivity contribution in [1.29, 1.82) is 0 Å². The molecule has 1 N–H and O–H groups in total. The quantitative estimate of drug-likeness (QED) is 0.676. The Bertz CT molecular complexity index is 1130. The van der Waals surface area contributed by atoms with E-state index < -0.39 is 15.9 Å². The van der Waals surface area contributed by atoms with Crippen molar-refractivity contribution in [2.75, 3.05) is 18.4 Å². The zero-order chi connectivity index (χ0) is 19.7. The lowest BCUT2D eigenvalue weighted by molar-refractivity contribution is -0.120. The van der Waals surface area contributed by atoms with Crippen molar-refractivity contribution in [3.8, 4) is 0 Å². The number of sulfonamides is 1. The van der Waals surface area contributed by atoms with E-state index in [1.807, 2.05) is 0 Å². The number of rotatable bonds is 4. The highest BCUT2D eigenvalue weighted by Gasteiger charge is 2.34. The van der Waals surface area contributed by atoms with E-state index in [0.29, 0.717) is 41.1 Å². The van der Waals surface area contributed by atoms with Gasteiger partial charge in [-0.1, -0.05) is 29.8 Å². The summed E-state index contributed by atoms with van der Waals surface area (Å²) in [6, 6.07) is 11.9. The van der Waals surface area contributed by atoms with E-state index in [2.05, 4.69) is 14.1 Å². The number of benzene rings is 2. The van der Waals surface area contributed by atoms with Crippen LogP contribution in [-0.2, 0) is 14.8 Å². The molecular weight excluding hydrogens is 420 g/mol. The Morgan fingerprint density at radius 3 is 2.82 bits per heavy atom. The molecule has 1 aliphatic rings. The summed E-state index contributed by atoms with van der Waals surface area (Å²) in [5, 5.41) is 3.25. The zero-order valence-electron chi connectivity index (χ0n) is 14.7. The molecule has 0 unspecified atom stereocenters. The minimum Gasteiger partial charge on any atom is -0.324 e. The average molecular weight is 437 g/mol. The summed E-state index contributed by atoms with van der Waals surface area (Å²) < 4.78 is 36.0. The monoisotopic (exact) mass is 436 g/mol. The number of nitrogens with one attached hydrogen (secondary N) is 1. The van der Waals surface area contributed by atoms with Gasteiger partial charge in [0, 0.05) is 13.1 Å². The van der Waals surface area contributed by atoms with Gasteiger partial charge in [-0.2, -0.15) is 13.1 Å². The van der Waals surface area contributed by atoms with E-state index in [-0.39, 0.29) is 17.3 Å². The molecule has 0 bridgehead atoms.